The molecule has 0 radical (unpaired) electrons. The summed E-state index contributed by atoms with van der Waals surface area (Å²) in [5.74, 6) is 1.38. The first-order valence-electron chi connectivity index (χ1n) is 9.00. The number of nitro groups is 1. The molecule has 0 saturated carbocycles. The molecule has 2 heterocycles. The van der Waals surface area contributed by atoms with E-state index in [4.69, 9.17) is 4.42 Å². The zero-order chi connectivity index (χ0) is 21.0. The second-order valence-electron chi connectivity index (χ2n) is 6.88. The number of nitrogens with one attached hydrogen (secondary N) is 1. The van der Waals surface area contributed by atoms with Crippen LogP contribution in [0.1, 0.15) is 19.4 Å². The number of rotatable bonds is 8. The molecule has 0 aliphatic heterocycles. The minimum Gasteiger partial charge on any atom is -0.461 e. The second kappa shape index (κ2) is 8.91. The number of benzene rings is 1. The van der Waals surface area contributed by atoms with Crippen LogP contribution in [0.25, 0.3) is 11.6 Å². The fourth-order valence-corrected chi connectivity index (χ4v) is 3.47. The molecule has 1 amide bonds. The number of hydrogen-bond acceptors (Lipinski definition) is 7. The van der Waals surface area contributed by atoms with Crippen LogP contribution in [0.15, 0.2) is 46.2 Å². The summed E-state index contributed by atoms with van der Waals surface area (Å²) in [6, 6.07) is 8.20. The number of carbonyl (C=O) groups excluding carboxylic acids is 1. The van der Waals surface area contributed by atoms with Gasteiger partial charge in [-0.05, 0) is 31.0 Å². The molecule has 1 N–H and O–H groups in total. The Morgan fingerprint density at radius 3 is 2.79 bits per heavy atom. The summed E-state index contributed by atoms with van der Waals surface area (Å²) in [6.07, 6.45) is 1.57. The van der Waals surface area contributed by atoms with Crippen molar-refractivity contribution < 1.29 is 14.1 Å². The molecule has 0 unspecified atom stereocenters. The van der Waals surface area contributed by atoms with Crippen LogP contribution < -0.4 is 5.32 Å². The van der Waals surface area contributed by atoms with Gasteiger partial charge in [0.2, 0.25) is 5.91 Å². The summed E-state index contributed by atoms with van der Waals surface area (Å²) >= 11 is 1.25. The van der Waals surface area contributed by atoms with Crippen molar-refractivity contribution in [3.8, 4) is 11.6 Å². The van der Waals surface area contributed by atoms with Gasteiger partial charge in [0.15, 0.2) is 16.7 Å². The van der Waals surface area contributed by atoms with E-state index in [0.29, 0.717) is 40.5 Å². The number of hydrogen-bond donors (Lipinski definition) is 1. The van der Waals surface area contributed by atoms with Crippen LogP contribution in [0.4, 0.5) is 11.4 Å². The Labute approximate surface area is 171 Å². The third-order valence-electron chi connectivity index (χ3n) is 4.03. The van der Waals surface area contributed by atoms with E-state index in [1.54, 1.807) is 31.4 Å². The number of amides is 1. The minimum atomic E-state index is -0.468. The molecule has 9 nitrogen and oxygen atoms in total. The van der Waals surface area contributed by atoms with Gasteiger partial charge in [-0.15, -0.1) is 10.2 Å². The molecule has 2 aromatic heterocycles. The van der Waals surface area contributed by atoms with Gasteiger partial charge in [0, 0.05) is 23.9 Å². The molecule has 0 spiro atoms. The fourth-order valence-electron chi connectivity index (χ4n) is 2.72. The van der Waals surface area contributed by atoms with Crippen molar-refractivity contribution >= 4 is 29.0 Å². The van der Waals surface area contributed by atoms with E-state index in [9.17, 15) is 14.9 Å². The van der Waals surface area contributed by atoms with Gasteiger partial charge in [-0.25, -0.2) is 0 Å². The molecule has 0 fully saturated rings. The molecule has 0 saturated heterocycles. The van der Waals surface area contributed by atoms with Crippen molar-refractivity contribution in [1.82, 2.24) is 14.8 Å². The van der Waals surface area contributed by atoms with Gasteiger partial charge >= 0.3 is 0 Å². The van der Waals surface area contributed by atoms with Gasteiger partial charge in [-0.1, -0.05) is 31.7 Å². The number of thioether (sulfide) groups is 1. The molecule has 0 atom stereocenters. The maximum Gasteiger partial charge on any atom is 0.274 e. The Kier molecular flexibility index (Phi) is 6.32. The molecular formula is C19H21N5O4S. The average molecular weight is 415 g/mol. The van der Waals surface area contributed by atoms with Gasteiger partial charge in [0.05, 0.1) is 16.9 Å². The van der Waals surface area contributed by atoms with Gasteiger partial charge in [0.25, 0.3) is 5.69 Å². The molecule has 0 aliphatic carbocycles. The SMILES string of the molecule is Cc1ccc(NC(=O)CSc2nnc(-c3ccco3)n2CC(C)C)cc1[N+](=O)[O-]. The van der Waals surface area contributed by atoms with Crippen molar-refractivity contribution in [3.05, 3.63) is 52.3 Å². The standard InChI is InChI=1S/C19H21N5O4S/c1-12(2)10-23-18(16-5-4-8-28-16)21-22-19(23)29-11-17(25)20-14-7-6-13(3)15(9-14)24(26)27/h4-9,12H,10-11H2,1-3H3,(H,20,25). The van der Waals surface area contributed by atoms with Crippen molar-refractivity contribution in [3.63, 3.8) is 0 Å². The van der Waals surface area contributed by atoms with Crippen LogP contribution >= 0.6 is 11.8 Å². The van der Waals surface area contributed by atoms with Crippen molar-refractivity contribution in [1.29, 1.82) is 0 Å². The highest BCUT2D eigenvalue weighted by Crippen LogP contribution is 2.26. The van der Waals surface area contributed by atoms with Crippen LogP contribution in [0.5, 0.6) is 0 Å². The molecule has 29 heavy (non-hydrogen) atoms. The van der Waals surface area contributed by atoms with Crippen molar-refractivity contribution in [2.75, 3.05) is 11.1 Å². The van der Waals surface area contributed by atoms with Crippen LogP contribution in [0.2, 0.25) is 0 Å². The Morgan fingerprint density at radius 1 is 1.34 bits per heavy atom. The highest BCUT2D eigenvalue weighted by Gasteiger charge is 2.18. The number of nitro benzene ring substituents is 1. The van der Waals surface area contributed by atoms with Crippen LogP contribution in [0, 0.1) is 23.0 Å². The second-order valence-corrected chi connectivity index (χ2v) is 7.83. The number of anilines is 1. The molecule has 3 aromatic rings. The van der Waals surface area contributed by atoms with E-state index in [0.717, 1.165) is 0 Å². The Balaban J connectivity index is 1.70. The Bertz CT molecular complexity index is 1010. The zero-order valence-electron chi connectivity index (χ0n) is 16.3. The highest BCUT2D eigenvalue weighted by molar-refractivity contribution is 7.99. The van der Waals surface area contributed by atoms with Crippen LogP contribution in [0.3, 0.4) is 0 Å². The number of aromatic nitrogens is 3. The van der Waals surface area contributed by atoms with Crippen molar-refractivity contribution in [2.45, 2.75) is 32.5 Å². The number of aryl methyl sites for hydroxylation is 1. The molecule has 3 rings (SSSR count). The summed E-state index contributed by atoms with van der Waals surface area (Å²) in [4.78, 5) is 22.9. The zero-order valence-corrected chi connectivity index (χ0v) is 17.1. The van der Waals surface area contributed by atoms with Gasteiger partial charge in [-0.3, -0.25) is 19.5 Å². The number of carbonyl (C=O) groups is 1. The van der Waals surface area contributed by atoms with E-state index < -0.39 is 4.92 Å². The number of nitrogens with zero attached hydrogens (tertiary/aromatic N) is 4. The maximum atomic E-state index is 12.3. The van der Waals surface area contributed by atoms with E-state index >= 15 is 0 Å². The monoisotopic (exact) mass is 415 g/mol. The predicted octanol–water partition coefficient (Wildman–Crippen LogP) is 4.14. The quantitative estimate of drug-likeness (QED) is 0.334. The van der Waals surface area contributed by atoms with E-state index in [-0.39, 0.29) is 17.3 Å². The smallest absolute Gasteiger partial charge is 0.274 e. The summed E-state index contributed by atoms with van der Waals surface area (Å²) in [5.41, 5.74) is 0.887. The predicted molar refractivity (Wildman–Crippen MR) is 110 cm³/mol. The van der Waals surface area contributed by atoms with Gasteiger partial charge < -0.3 is 9.73 Å². The van der Waals surface area contributed by atoms with Gasteiger partial charge in [-0.2, -0.15) is 0 Å². The first kappa shape index (κ1) is 20.6. The highest BCUT2D eigenvalue weighted by atomic mass is 32.2. The summed E-state index contributed by atoms with van der Waals surface area (Å²) in [6.45, 7) is 6.49. The molecule has 1 aromatic carbocycles. The maximum absolute atomic E-state index is 12.3. The topological polar surface area (TPSA) is 116 Å². The Hall–Kier alpha value is -3.14. The van der Waals surface area contributed by atoms with E-state index in [2.05, 4.69) is 29.4 Å². The average Bonchev–Trinajstić information content (AvgIpc) is 3.31. The summed E-state index contributed by atoms with van der Waals surface area (Å²) < 4.78 is 7.36. The fraction of sp³-hybridized carbons (Fsp3) is 0.316. The molecule has 0 bridgehead atoms. The molecule has 0 aliphatic rings. The first-order valence-corrected chi connectivity index (χ1v) is 9.98. The Morgan fingerprint density at radius 2 is 2.14 bits per heavy atom. The molecule has 152 valence electrons. The van der Waals surface area contributed by atoms with Crippen LogP contribution in [-0.4, -0.2) is 31.3 Å². The lowest BCUT2D eigenvalue weighted by molar-refractivity contribution is -0.385. The first-order chi connectivity index (χ1) is 13.8. The largest absolute Gasteiger partial charge is 0.461 e. The van der Waals surface area contributed by atoms with E-state index in [1.807, 2.05) is 10.6 Å². The number of furan rings is 1. The third-order valence-corrected chi connectivity index (χ3v) is 4.99. The lowest BCUT2D eigenvalue weighted by atomic mass is 10.2. The normalized spacial score (nSPS) is 11.0. The van der Waals surface area contributed by atoms with Crippen molar-refractivity contribution in [2.24, 2.45) is 5.92 Å². The summed E-state index contributed by atoms with van der Waals surface area (Å²) in [5, 5.41) is 22.8. The minimum absolute atomic E-state index is 0.0322. The van der Waals surface area contributed by atoms with Gasteiger partial charge in [0.1, 0.15) is 0 Å². The van der Waals surface area contributed by atoms with E-state index in [1.165, 1.54) is 17.8 Å². The van der Waals surface area contributed by atoms with Crippen LogP contribution in [-0.2, 0) is 11.3 Å². The summed E-state index contributed by atoms with van der Waals surface area (Å²) in [7, 11) is 0. The third kappa shape index (κ3) is 5.02. The lowest BCUT2D eigenvalue weighted by Gasteiger charge is -2.11. The molecular weight excluding hydrogens is 394 g/mol. The lowest BCUT2D eigenvalue weighted by Crippen LogP contribution is -2.15. The molecule has 10 heteroatoms.